The van der Waals surface area contributed by atoms with Crippen LogP contribution in [0.4, 0.5) is 5.69 Å². The molecule has 0 saturated heterocycles. The fraction of sp³-hybridized carbons (Fsp3) is 0.538. The van der Waals surface area contributed by atoms with Crippen molar-refractivity contribution in [1.29, 1.82) is 0 Å². The Labute approximate surface area is 102 Å². The Bertz CT molecular complexity index is 372. The number of hydrogen-bond acceptors (Lipinski definition) is 1. The SMILES string of the molecule is Cc1ccc([Si](C)(C)C)c(N[Si](C)(C)C)c1. The molecule has 16 heavy (non-hydrogen) atoms. The van der Waals surface area contributed by atoms with Gasteiger partial charge in [-0.25, -0.2) is 0 Å². The molecule has 0 atom stereocenters. The molecular formula is C13H25NSi2. The van der Waals surface area contributed by atoms with Crippen molar-refractivity contribution >= 4 is 27.2 Å². The molecule has 1 N–H and O–H groups in total. The summed E-state index contributed by atoms with van der Waals surface area (Å²) in [4.78, 5) is 3.77. The molecule has 0 aromatic heterocycles. The lowest BCUT2D eigenvalue weighted by Crippen LogP contribution is -2.43. The van der Waals surface area contributed by atoms with Crippen LogP contribution in [0.5, 0.6) is 0 Å². The Kier molecular flexibility index (Phi) is 3.70. The first-order valence-corrected chi connectivity index (χ1v) is 13.0. The van der Waals surface area contributed by atoms with Gasteiger partial charge in [0.15, 0.2) is 0 Å². The molecule has 0 saturated carbocycles. The van der Waals surface area contributed by atoms with Crippen LogP contribution < -0.4 is 10.2 Å². The van der Waals surface area contributed by atoms with E-state index >= 15 is 0 Å². The summed E-state index contributed by atoms with van der Waals surface area (Å²) in [5, 5.41) is 1.56. The Morgan fingerprint density at radius 1 is 0.938 bits per heavy atom. The van der Waals surface area contributed by atoms with Crippen LogP contribution in [0.15, 0.2) is 18.2 Å². The van der Waals surface area contributed by atoms with Crippen LogP contribution in [-0.4, -0.2) is 16.3 Å². The third-order valence-corrected chi connectivity index (χ3v) is 5.56. The van der Waals surface area contributed by atoms with E-state index in [0.717, 1.165) is 0 Å². The fourth-order valence-electron chi connectivity index (χ4n) is 1.82. The monoisotopic (exact) mass is 251 g/mol. The summed E-state index contributed by atoms with van der Waals surface area (Å²) < 4.78 is 0. The maximum absolute atomic E-state index is 3.77. The van der Waals surface area contributed by atoms with Gasteiger partial charge in [-0.1, -0.05) is 51.4 Å². The molecule has 1 rings (SSSR count). The largest absolute Gasteiger partial charge is 0.411 e. The third kappa shape index (κ3) is 3.79. The predicted molar refractivity (Wildman–Crippen MR) is 81.1 cm³/mol. The zero-order chi connectivity index (χ0) is 12.6. The second-order valence-corrected chi connectivity index (χ2v) is 16.5. The van der Waals surface area contributed by atoms with Crippen LogP contribution in [0.25, 0.3) is 0 Å². The smallest absolute Gasteiger partial charge is 0.144 e. The molecule has 0 aliphatic rings. The Hall–Kier alpha value is -0.546. The Morgan fingerprint density at radius 2 is 1.50 bits per heavy atom. The van der Waals surface area contributed by atoms with Crippen molar-refractivity contribution < 1.29 is 0 Å². The zero-order valence-corrected chi connectivity index (χ0v) is 13.7. The molecule has 0 radical (unpaired) electrons. The summed E-state index contributed by atoms with van der Waals surface area (Å²) in [6.07, 6.45) is 0. The van der Waals surface area contributed by atoms with E-state index in [1.54, 1.807) is 5.19 Å². The molecular weight excluding hydrogens is 226 g/mol. The van der Waals surface area contributed by atoms with Gasteiger partial charge < -0.3 is 4.98 Å². The van der Waals surface area contributed by atoms with Crippen molar-refractivity contribution in [3.8, 4) is 0 Å². The van der Waals surface area contributed by atoms with Gasteiger partial charge in [0.05, 0.1) is 8.07 Å². The minimum Gasteiger partial charge on any atom is -0.411 e. The summed E-state index contributed by atoms with van der Waals surface area (Å²) in [7, 11) is -2.50. The lowest BCUT2D eigenvalue weighted by atomic mass is 10.2. The van der Waals surface area contributed by atoms with Gasteiger partial charge in [-0.05, 0) is 23.7 Å². The van der Waals surface area contributed by atoms with Crippen LogP contribution in [0.2, 0.25) is 39.3 Å². The summed E-state index contributed by atoms with van der Waals surface area (Å²) in [5.74, 6) is 0. The van der Waals surface area contributed by atoms with E-state index in [1.165, 1.54) is 11.3 Å². The number of aryl methyl sites for hydroxylation is 1. The maximum atomic E-state index is 3.77. The number of hydrogen-bond donors (Lipinski definition) is 1. The van der Waals surface area contributed by atoms with E-state index < -0.39 is 16.3 Å². The lowest BCUT2D eigenvalue weighted by Gasteiger charge is -2.27. The van der Waals surface area contributed by atoms with Crippen LogP contribution in [0.1, 0.15) is 5.56 Å². The van der Waals surface area contributed by atoms with Gasteiger partial charge >= 0.3 is 0 Å². The van der Waals surface area contributed by atoms with Crippen molar-refractivity contribution in [2.45, 2.75) is 46.2 Å². The van der Waals surface area contributed by atoms with E-state index in [2.05, 4.69) is 69.4 Å². The van der Waals surface area contributed by atoms with Crippen molar-refractivity contribution in [3.63, 3.8) is 0 Å². The molecule has 3 heteroatoms. The normalized spacial score (nSPS) is 12.7. The molecule has 0 spiro atoms. The van der Waals surface area contributed by atoms with E-state index in [0.29, 0.717) is 0 Å². The second-order valence-electron chi connectivity index (χ2n) is 6.67. The summed E-state index contributed by atoms with van der Waals surface area (Å²) in [6.45, 7) is 16.5. The highest BCUT2D eigenvalue weighted by molar-refractivity contribution is 6.90. The molecule has 0 heterocycles. The standard InChI is InChI=1S/C13H25NSi2/c1-11-8-9-13(15(2,3)4)12(10-11)14-16(5,6)7/h8-10,14H,1-7H3. The average Bonchev–Trinajstić information content (AvgIpc) is 1.97. The van der Waals surface area contributed by atoms with Crippen LogP contribution >= 0.6 is 0 Å². The molecule has 1 nitrogen and oxygen atoms in total. The van der Waals surface area contributed by atoms with Gasteiger partial charge in [-0.3, -0.25) is 0 Å². The maximum Gasteiger partial charge on any atom is 0.144 e. The molecule has 1 aromatic rings. The molecule has 0 aliphatic carbocycles. The highest BCUT2D eigenvalue weighted by Crippen LogP contribution is 2.17. The molecule has 0 fully saturated rings. The molecule has 0 aliphatic heterocycles. The first-order valence-electron chi connectivity index (χ1n) is 5.99. The summed E-state index contributed by atoms with van der Waals surface area (Å²) in [5.41, 5.74) is 2.74. The number of nitrogens with one attached hydrogen (secondary N) is 1. The van der Waals surface area contributed by atoms with Gasteiger partial charge in [-0.15, -0.1) is 0 Å². The van der Waals surface area contributed by atoms with E-state index in [9.17, 15) is 0 Å². The number of anilines is 1. The molecule has 90 valence electrons. The minimum absolute atomic E-state index is 1.24. The molecule has 0 unspecified atom stereocenters. The quantitative estimate of drug-likeness (QED) is 0.806. The topological polar surface area (TPSA) is 12.0 Å². The van der Waals surface area contributed by atoms with E-state index in [1.807, 2.05) is 0 Å². The van der Waals surface area contributed by atoms with Gasteiger partial charge in [0.25, 0.3) is 0 Å². The van der Waals surface area contributed by atoms with Crippen LogP contribution in [-0.2, 0) is 0 Å². The highest BCUT2D eigenvalue weighted by atomic mass is 28.3. The zero-order valence-electron chi connectivity index (χ0n) is 11.7. The molecule has 0 amide bonds. The van der Waals surface area contributed by atoms with Gasteiger partial charge in [0, 0.05) is 5.69 Å². The highest BCUT2D eigenvalue weighted by Gasteiger charge is 2.22. The van der Waals surface area contributed by atoms with Crippen molar-refractivity contribution in [1.82, 2.24) is 0 Å². The predicted octanol–water partition coefficient (Wildman–Crippen LogP) is 3.79. The lowest BCUT2D eigenvalue weighted by molar-refractivity contribution is 1.46. The van der Waals surface area contributed by atoms with Gasteiger partial charge in [0.2, 0.25) is 0 Å². The Balaban J connectivity index is 3.19. The average molecular weight is 252 g/mol. The summed E-state index contributed by atoms with van der Waals surface area (Å²) >= 11 is 0. The van der Waals surface area contributed by atoms with E-state index in [-0.39, 0.29) is 0 Å². The first-order chi connectivity index (χ1) is 7.09. The second kappa shape index (κ2) is 4.37. The summed E-state index contributed by atoms with van der Waals surface area (Å²) in [6, 6.07) is 6.87. The third-order valence-electron chi connectivity index (χ3n) is 2.49. The number of benzene rings is 1. The molecule has 0 bridgehead atoms. The Morgan fingerprint density at radius 3 is 1.94 bits per heavy atom. The fourth-order valence-corrected chi connectivity index (χ4v) is 4.49. The van der Waals surface area contributed by atoms with Crippen LogP contribution in [0, 0.1) is 6.92 Å². The van der Waals surface area contributed by atoms with E-state index in [4.69, 9.17) is 0 Å². The van der Waals surface area contributed by atoms with Crippen LogP contribution in [0.3, 0.4) is 0 Å². The molecule has 1 aromatic carbocycles. The van der Waals surface area contributed by atoms with Crippen molar-refractivity contribution in [2.24, 2.45) is 0 Å². The number of rotatable bonds is 3. The van der Waals surface area contributed by atoms with Gasteiger partial charge in [-0.2, -0.15) is 0 Å². The first kappa shape index (κ1) is 13.5. The van der Waals surface area contributed by atoms with Crippen molar-refractivity contribution in [3.05, 3.63) is 23.8 Å². The minimum atomic E-state index is -1.26. The van der Waals surface area contributed by atoms with Gasteiger partial charge in [0.1, 0.15) is 8.24 Å². The van der Waals surface area contributed by atoms with Crippen molar-refractivity contribution in [2.75, 3.05) is 4.98 Å².